The monoisotopic (exact) mass is 320 g/mol. The Morgan fingerprint density at radius 3 is 2.58 bits per heavy atom. The van der Waals surface area contributed by atoms with Gasteiger partial charge in [-0.15, -0.1) is 0 Å². The first kappa shape index (κ1) is 15.3. The number of hydrogen-bond acceptors (Lipinski definition) is 2. The molecule has 2 aromatic carbocycles. The summed E-state index contributed by atoms with van der Waals surface area (Å²) in [5.74, 6) is 0.246. The van der Waals surface area contributed by atoms with Gasteiger partial charge in [0.1, 0.15) is 0 Å². The summed E-state index contributed by atoms with van der Waals surface area (Å²) >= 11 is 0. The number of fused-ring (bicyclic) bond motifs is 2. The van der Waals surface area contributed by atoms with E-state index in [1.165, 1.54) is 23.2 Å². The molecule has 0 saturated heterocycles. The standard InChI is InChI=1S/C21H24N2O/c1-16-15-18-8-3-5-11-20(18)23(16)21(24)12-14-22-13-6-9-17-7-2-4-10-19(17)22/h2-5,7-8,10-11,16H,6,9,12-15H2,1H3. The van der Waals surface area contributed by atoms with Crippen molar-refractivity contribution in [1.29, 1.82) is 0 Å². The maximum absolute atomic E-state index is 12.9. The van der Waals surface area contributed by atoms with Crippen LogP contribution in [0.15, 0.2) is 48.5 Å². The summed E-state index contributed by atoms with van der Waals surface area (Å²) in [7, 11) is 0. The number of anilines is 2. The second kappa shape index (κ2) is 6.31. The molecule has 3 nitrogen and oxygen atoms in total. The number of carbonyl (C=O) groups is 1. The van der Waals surface area contributed by atoms with Gasteiger partial charge in [-0.05, 0) is 49.4 Å². The molecule has 3 heteroatoms. The van der Waals surface area contributed by atoms with E-state index in [-0.39, 0.29) is 11.9 Å². The van der Waals surface area contributed by atoms with Crippen molar-refractivity contribution in [1.82, 2.24) is 0 Å². The van der Waals surface area contributed by atoms with Gasteiger partial charge in [0.2, 0.25) is 5.91 Å². The molecule has 24 heavy (non-hydrogen) atoms. The number of carbonyl (C=O) groups excluding carboxylic acids is 1. The number of rotatable bonds is 3. The van der Waals surface area contributed by atoms with Crippen molar-refractivity contribution in [2.75, 3.05) is 22.9 Å². The molecule has 124 valence electrons. The van der Waals surface area contributed by atoms with Gasteiger partial charge >= 0.3 is 0 Å². The SMILES string of the molecule is CC1Cc2ccccc2N1C(=O)CCN1CCCc2ccccc21. The Bertz CT molecular complexity index is 755. The van der Waals surface area contributed by atoms with Crippen LogP contribution < -0.4 is 9.80 Å². The fourth-order valence-electron chi connectivity index (χ4n) is 4.14. The second-order valence-electron chi connectivity index (χ2n) is 6.91. The van der Waals surface area contributed by atoms with Crippen LogP contribution in [0.3, 0.4) is 0 Å². The fourth-order valence-corrected chi connectivity index (χ4v) is 4.14. The number of amides is 1. The van der Waals surface area contributed by atoms with Gasteiger partial charge in [0.25, 0.3) is 0 Å². The van der Waals surface area contributed by atoms with E-state index < -0.39 is 0 Å². The van der Waals surface area contributed by atoms with Gasteiger partial charge in [-0.3, -0.25) is 4.79 Å². The van der Waals surface area contributed by atoms with Crippen LogP contribution in [0, 0.1) is 0 Å². The summed E-state index contributed by atoms with van der Waals surface area (Å²) in [6.45, 7) is 4.01. The molecule has 0 bridgehead atoms. The molecule has 1 unspecified atom stereocenters. The van der Waals surface area contributed by atoms with E-state index in [0.717, 1.165) is 31.6 Å². The summed E-state index contributed by atoms with van der Waals surface area (Å²) in [4.78, 5) is 17.3. The summed E-state index contributed by atoms with van der Waals surface area (Å²) < 4.78 is 0. The first-order chi connectivity index (χ1) is 11.7. The predicted octanol–water partition coefficient (Wildman–Crippen LogP) is 3.81. The number of nitrogens with zero attached hydrogens (tertiary/aromatic N) is 2. The number of para-hydroxylation sites is 2. The normalized spacial score (nSPS) is 19.1. The quantitative estimate of drug-likeness (QED) is 0.858. The van der Waals surface area contributed by atoms with Gasteiger partial charge in [-0.2, -0.15) is 0 Å². The average molecular weight is 320 g/mol. The van der Waals surface area contributed by atoms with Gasteiger partial charge in [0.05, 0.1) is 0 Å². The summed E-state index contributed by atoms with van der Waals surface area (Å²) in [6.07, 6.45) is 3.87. The third kappa shape index (κ3) is 2.68. The van der Waals surface area contributed by atoms with E-state index in [2.05, 4.69) is 54.3 Å². The van der Waals surface area contributed by atoms with Gasteiger partial charge < -0.3 is 9.80 Å². The topological polar surface area (TPSA) is 23.6 Å². The number of aryl methyl sites for hydroxylation is 1. The van der Waals surface area contributed by atoms with E-state index in [4.69, 9.17) is 0 Å². The van der Waals surface area contributed by atoms with Crippen molar-refractivity contribution in [3.63, 3.8) is 0 Å². The van der Waals surface area contributed by atoms with E-state index in [1.54, 1.807) is 0 Å². The lowest BCUT2D eigenvalue weighted by molar-refractivity contribution is -0.118. The summed E-state index contributed by atoms with van der Waals surface area (Å²) in [6, 6.07) is 17.2. The van der Waals surface area contributed by atoms with Crippen LogP contribution >= 0.6 is 0 Å². The van der Waals surface area contributed by atoms with Crippen molar-refractivity contribution in [2.24, 2.45) is 0 Å². The molecule has 1 atom stereocenters. The smallest absolute Gasteiger partial charge is 0.229 e. The van der Waals surface area contributed by atoms with Gasteiger partial charge in [-0.25, -0.2) is 0 Å². The lowest BCUT2D eigenvalue weighted by atomic mass is 10.0. The lowest BCUT2D eigenvalue weighted by Gasteiger charge is -2.32. The largest absolute Gasteiger partial charge is 0.371 e. The highest BCUT2D eigenvalue weighted by Gasteiger charge is 2.30. The molecule has 0 aromatic heterocycles. The minimum atomic E-state index is 0.246. The van der Waals surface area contributed by atoms with Crippen molar-refractivity contribution < 1.29 is 4.79 Å². The van der Waals surface area contributed by atoms with Gasteiger partial charge in [-0.1, -0.05) is 36.4 Å². The maximum atomic E-state index is 12.9. The molecule has 2 aromatic rings. The highest BCUT2D eigenvalue weighted by atomic mass is 16.2. The van der Waals surface area contributed by atoms with E-state index in [0.29, 0.717) is 6.42 Å². The zero-order chi connectivity index (χ0) is 16.5. The molecule has 2 aliphatic rings. The van der Waals surface area contributed by atoms with Gasteiger partial charge in [0, 0.05) is 36.9 Å². The van der Waals surface area contributed by atoms with E-state index in [9.17, 15) is 4.79 Å². The summed E-state index contributed by atoms with van der Waals surface area (Å²) in [5, 5.41) is 0. The molecule has 2 heterocycles. The van der Waals surface area contributed by atoms with Crippen LogP contribution in [0.1, 0.15) is 30.9 Å². The zero-order valence-electron chi connectivity index (χ0n) is 14.2. The summed E-state index contributed by atoms with van der Waals surface area (Å²) in [5.41, 5.74) is 5.12. The molecule has 1 amide bonds. The highest BCUT2D eigenvalue weighted by Crippen LogP contribution is 2.32. The molecular weight excluding hydrogens is 296 g/mol. The molecule has 2 aliphatic heterocycles. The third-order valence-corrected chi connectivity index (χ3v) is 5.28. The molecule has 0 aliphatic carbocycles. The molecular formula is C21H24N2O. The Labute approximate surface area is 143 Å². The lowest BCUT2D eigenvalue weighted by Crippen LogP contribution is -2.39. The molecule has 0 spiro atoms. The Balaban J connectivity index is 1.47. The second-order valence-corrected chi connectivity index (χ2v) is 6.91. The Morgan fingerprint density at radius 1 is 1.04 bits per heavy atom. The van der Waals surface area contributed by atoms with Crippen molar-refractivity contribution in [3.05, 3.63) is 59.7 Å². The van der Waals surface area contributed by atoms with Crippen LogP contribution in [0.4, 0.5) is 11.4 Å². The molecule has 4 rings (SSSR count). The van der Waals surface area contributed by atoms with Gasteiger partial charge in [0.15, 0.2) is 0 Å². The van der Waals surface area contributed by atoms with Crippen LogP contribution in [-0.4, -0.2) is 25.0 Å². The molecule has 0 radical (unpaired) electrons. The zero-order valence-corrected chi connectivity index (χ0v) is 14.2. The molecule has 0 N–H and O–H groups in total. The first-order valence-corrected chi connectivity index (χ1v) is 8.97. The van der Waals surface area contributed by atoms with Crippen LogP contribution in [0.5, 0.6) is 0 Å². The van der Waals surface area contributed by atoms with Crippen molar-refractivity contribution in [3.8, 4) is 0 Å². The van der Waals surface area contributed by atoms with E-state index >= 15 is 0 Å². The Kier molecular flexibility index (Phi) is 4.01. The Hall–Kier alpha value is -2.29. The third-order valence-electron chi connectivity index (χ3n) is 5.28. The van der Waals surface area contributed by atoms with Crippen molar-refractivity contribution >= 4 is 17.3 Å². The van der Waals surface area contributed by atoms with Crippen LogP contribution in [-0.2, 0) is 17.6 Å². The molecule has 0 saturated carbocycles. The van der Waals surface area contributed by atoms with Crippen molar-refractivity contribution in [2.45, 2.75) is 38.6 Å². The maximum Gasteiger partial charge on any atom is 0.229 e. The van der Waals surface area contributed by atoms with E-state index in [1.807, 2.05) is 11.0 Å². The average Bonchev–Trinajstić information content (AvgIpc) is 2.95. The number of benzene rings is 2. The minimum Gasteiger partial charge on any atom is -0.371 e. The first-order valence-electron chi connectivity index (χ1n) is 8.97. The molecule has 0 fully saturated rings. The van der Waals surface area contributed by atoms with Crippen LogP contribution in [0.2, 0.25) is 0 Å². The highest BCUT2D eigenvalue weighted by molar-refractivity contribution is 5.96. The minimum absolute atomic E-state index is 0.246. The fraction of sp³-hybridized carbons (Fsp3) is 0.381. The number of hydrogen-bond donors (Lipinski definition) is 0. The Morgan fingerprint density at radius 2 is 1.75 bits per heavy atom. The van der Waals surface area contributed by atoms with Crippen LogP contribution in [0.25, 0.3) is 0 Å². The predicted molar refractivity (Wildman–Crippen MR) is 98.7 cm³/mol.